The molecule has 3 aromatic rings. The van der Waals surface area contributed by atoms with E-state index in [1.807, 2.05) is 26.0 Å². The fourth-order valence-corrected chi connectivity index (χ4v) is 3.65. The third kappa shape index (κ3) is 2.63. The molecule has 5 heteroatoms. The van der Waals surface area contributed by atoms with Gasteiger partial charge in [-0.1, -0.05) is 12.1 Å². The highest BCUT2D eigenvalue weighted by Gasteiger charge is 2.16. The van der Waals surface area contributed by atoms with E-state index in [4.69, 9.17) is 17.0 Å². The SMILES string of the molecule is CC(C)Oc1cccc2c1[nH]c(=S)n2C(C)c1cccs1. The molecule has 0 saturated heterocycles. The van der Waals surface area contributed by atoms with E-state index >= 15 is 0 Å². The number of nitrogens with one attached hydrogen (secondary N) is 1. The van der Waals surface area contributed by atoms with Gasteiger partial charge in [-0.15, -0.1) is 11.3 Å². The van der Waals surface area contributed by atoms with Gasteiger partial charge in [-0.3, -0.25) is 0 Å². The molecule has 0 aliphatic heterocycles. The Kier molecular flexibility index (Phi) is 3.87. The second kappa shape index (κ2) is 5.66. The fourth-order valence-electron chi connectivity index (χ4n) is 2.52. The minimum atomic E-state index is 0.135. The van der Waals surface area contributed by atoms with Crippen LogP contribution >= 0.6 is 23.6 Å². The number of aromatic amines is 1. The van der Waals surface area contributed by atoms with Gasteiger partial charge in [-0.05, 0) is 56.6 Å². The van der Waals surface area contributed by atoms with Crippen LogP contribution in [0.4, 0.5) is 0 Å². The predicted molar refractivity (Wildman–Crippen MR) is 91.0 cm³/mol. The Labute approximate surface area is 133 Å². The van der Waals surface area contributed by atoms with Crippen LogP contribution in [0.15, 0.2) is 35.7 Å². The number of ether oxygens (including phenoxy) is 1. The van der Waals surface area contributed by atoms with Gasteiger partial charge in [0, 0.05) is 4.88 Å². The Morgan fingerprint density at radius 2 is 2.00 bits per heavy atom. The van der Waals surface area contributed by atoms with Crippen molar-refractivity contribution in [1.29, 1.82) is 0 Å². The second-order valence-corrected chi connectivity index (χ2v) is 6.67. The number of fused-ring (bicyclic) bond motifs is 1. The zero-order valence-electron chi connectivity index (χ0n) is 12.3. The maximum Gasteiger partial charge on any atom is 0.178 e. The highest BCUT2D eigenvalue weighted by molar-refractivity contribution is 7.71. The summed E-state index contributed by atoms with van der Waals surface area (Å²) in [6.45, 7) is 6.22. The lowest BCUT2D eigenvalue weighted by Crippen LogP contribution is -2.06. The number of H-pyrrole nitrogens is 1. The lowest BCUT2D eigenvalue weighted by atomic mass is 10.2. The average molecular weight is 318 g/mol. The number of para-hydroxylation sites is 1. The number of rotatable bonds is 4. The Hall–Kier alpha value is -1.59. The summed E-state index contributed by atoms with van der Waals surface area (Å²) < 4.78 is 8.76. The van der Waals surface area contributed by atoms with Crippen LogP contribution < -0.4 is 4.74 Å². The first-order valence-corrected chi connectivity index (χ1v) is 8.30. The molecule has 0 bridgehead atoms. The number of imidazole rings is 1. The summed E-state index contributed by atoms with van der Waals surface area (Å²) >= 11 is 7.28. The van der Waals surface area contributed by atoms with E-state index in [9.17, 15) is 0 Å². The molecule has 0 aliphatic carbocycles. The monoisotopic (exact) mass is 318 g/mol. The molecular formula is C16H18N2OS2. The summed E-state index contributed by atoms with van der Waals surface area (Å²) in [5.41, 5.74) is 2.05. The van der Waals surface area contributed by atoms with Crippen LogP contribution in [-0.4, -0.2) is 15.7 Å². The molecule has 1 aromatic carbocycles. The summed E-state index contributed by atoms with van der Waals surface area (Å²) in [5, 5.41) is 2.09. The van der Waals surface area contributed by atoms with E-state index in [0.29, 0.717) is 0 Å². The van der Waals surface area contributed by atoms with E-state index in [1.165, 1.54) is 4.88 Å². The van der Waals surface area contributed by atoms with Crippen LogP contribution in [0.1, 0.15) is 31.7 Å². The van der Waals surface area contributed by atoms with Crippen molar-refractivity contribution in [2.75, 3.05) is 0 Å². The van der Waals surface area contributed by atoms with Crippen molar-refractivity contribution < 1.29 is 4.74 Å². The molecule has 3 rings (SSSR count). The standard InChI is InChI=1S/C16H18N2OS2/c1-10(2)19-13-7-4-6-12-15(13)17-16(20)18(12)11(3)14-8-5-9-21-14/h4-11H,1-3H3,(H,17,20). The highest BCUT2D eigenvalue weighted by Crippen LogP contribution is 2.31. The molecule has 1 unspecified atom stereocenters. The summed E-state index contributed by atoms with van der Waals surface area (Å²) in [4.78, 5) is 4.59. The van der Waals surface area contributed by atoms with Crippen molar-refractivity contribution in [2.45, 2.75) is 32.9 Å². The first kappa shape index (κ1) is 14.4. The summed E-state index contributed by atoms with van der Waals surface area (Å²) in [6.07, 6.45) is 0.135. The molecule has 0 amide bonds. The zero-order chi connectivity index (χ0) is 15.0. The molecule has 21 heavy (non-hydrogen) atoms. The Morgan fingerprint density at radius 1 is 1.19 bits per heavy atom. The molecule has 0 radical (unpaired) electrons. The number of hydrogen-bond acceptors (Lipinski definition) is 3. The number of thiophene rings is 1. The van der Waals surface area contributed by atoms with Crippen LogP contribution in [0.2, 0.25) is 0 Å². The predicted octanol–water partition coefficient (Wildman–Crippen LogP) is 5.16. The van der Waals surface area contributed by atoms with Crippen LogP contribution in [0, 0.1) is 4.77 Å². The lowest BCUT2D eigenvalue weighted by molar-refractivity contribution is 0.245. The number of aromatic nitrogens is 2. The highest BCUT2D eigenvalue weighted by atomic mass is 32.1. The molecular weight excluding hydrogens is 300 g/mol. The van der Waals surface area contributed by atoms with E-state index in [1.54, 1.807) is 11.3 Å². The summed E-state index contributed by atoms with van der Waals surface area (Å²) in [6, 6.07) is 10.5. The topological polar surface area (TPSA) is 29.9 Å². The maximum absolute atomic E-state index is 5.88. The smallest absolute Gasteiger partial charge is 0.178 e. The van der Waals surface area contributed by atoms with Gasteiger partial charge in [0.05, 0.1) is 17.7 Å². The van der Waals surface area contributed by atoms with Crippen molar-refractivity contribution in [1.82, 2.24) is 9.55 Å². The molecule has 3 nitrogen and oxygen atoms in total. The fraction of sp³-hybridized carbons (Fsp3) is 0.312. The Morgan fingerprint density at radius 3 is 2.67 bits per heavy atom. The molecule has 1 atom stereocenters. The number of nitrogens with zero attached hydrogens (tertiary/aromatic N) is 1. The minimum Gasteiger partial charge on any atom is -0.489 e. The molecule has 0 aliphatic rings. The molecule has 2 heterocycles. The quantitative estimate of drug-likeness (QED) is 0.674. The van der Waals surface area contributed by atoms with Crippen LogP contribution in [0.25, 0.3) is 11.0 Å². The third-order valence-electron chi connectivity index (χ3n) is 3.42. The normalized spacial score (nSPS) is 13.0. The van der Waals surface area contributed by atoms with Gasteiger partial charge in [-0.25, -0.2) is 0 Å². The summed E-state index contributed by atoms with van der Waals surface area (Å²) in [5.74, 6) is 0.853. The van der Waals surface area contributed by atoms with Gasteiger partial charge >= 0.3 is 0 Å². The molecule has 0 saturated carbocycles. The first-order valence-electron chi connectivity index (χ1n) is 7.01. The molecule has 0 fully saturated rings. The van der Waals surface area contributed by atoms with Crippen molar-refractivity contribution in [3.05, 3.63) is 45.4 Å². The molecule has 0 spiro atoms. The van der Waals surface area contributed by atoms with E-state index < -0.39 is 0 Å². The van der Waals surface area contributed by atoms with Gasteiger partial charge in [0.15, 0.2) is 4.77 Å². The molecule has 1 N–H and O–H groups in total. The largest absolute Gasteiger partial charge is 0.489 e. The van der Waals surface area contributed by atoms with E-state index in [-0.39, 0.29) is 12.1 Å². The Balaban J connectivity index is 2.16. The number of benzene rings is 1. The van der Waals surface area contributed by atoms with Gasteiger partial charge in [-0.2, -0.15) is 0 Å². The van der Waals surface area contributed by atoms with Crippen molar-refractivity contribution in [2.24, 2.45) is 0 Å². The lowest BCUT2D eigenvalue weighted by Gasteiger charge is -2.14. The van der Waals surface area contributed by atoms with E-state index in [0.717, 1.165) is 21.6 Å². The summed E-state index contributed by atoms with van der Waals surface area (Å²) in [7, 11) is 0. The average Bonchev–Trinajstić information content (AvgIpc) is 3.05. The van der Waals surface area contributed by atoms with Gasteiger partial charge in [0.1, 0.15) is 11.3 Å². The van der Waals surface area contributed by atoms with Crippen LogP contribution in [0.3, 0.4) is 0 Å². The van der Waals surface area contributed by atoms with Gasteiger partial charge in [0.25, 0.3) is 0 Å². The Bertz CT molecular complexity index is 799. The van der Waals surface area contributed by atoms with Crippen molar-refractivity contribution in [3.8, 4) is 5.75 Å². The molecule has 2 aromatic heterocycles. The van der Waals surface area contributed by atoms with Crippen LogP contribution in [-0.2, 0) is 0 Å². The van der Waals surface area contributed by atoms with Crippen molar-refractivity contribution in [3.63, 3.8) is 0 Å². The van der Waals surface area contributed by atoms with E-state index in [2.05, 4.69) is 40.1 Å². The number of hydrogen-bond donors (Lipinski definition) is 1. The zero-order valence-corrected chi connectivity index (χ0v) is 13.9. The van der Waals surface area contributed by atoms with Crippen molar-refractivity contribution >= 4 is 34.6 Å². The minimum absolute atomic E-state index is 0.135. The maximum atomic E-state index is 5.88. The van der Waals surface area contributed by atoms with Gasteiger partial charge < -0.3 is 14.3 Å². The van der Waals surface area contributed by atoms with Crippen LogP contribution in [0.5, 0.6) is 5.75 Å². The van der Waals surface area contributed by atoms with Gasteiger partial charge in [0.2, 0.25) is 0 Å². The third-order valence-corrected chi connectivity index (χ3v) is 4.76. The first-order chi connectivity index (χ1) is 10.1. The second-order valence-electron chi connectivity index (χ2n) is 5.31. The molecule has 110 valence electrons.